The van der Waals surface area contributed by atoms with Gasteiger partial charge in [-0.1, -0.05) is 24.3 Å². The number of amides is 1. The van der Waals surface area contributed by atoms with Crippen molar-refractivity contribution in [1.29, 1.82) is 0 Å². The van der Waals surface area contributed by atoms with E-state index in [1.54, 1.807) is 13.2 Å². The number of hydrogen-bond acceptors (Lipinski definition) is 4. The number of ether oxygens (including phenoxy) is 1. The Labute approximate surface area is 163 Å². The summed E-state index contributed by atoms with van der Waals surface area (Å²) in [5, 5.41) is 0.578. The largest absolute Gasteiger partial charge is 0.497 e. The third kappa shape index (κ3) is 3.50. The zero-order valence-corrected chi connectivity index (χ0v) is 15.9. The molecule has 28 heavy (non-hydrogen) atoms. The molecule has 0 bridgehead atoms. The van der Waals surface area contributed by atoms with Crippen molar-refractivity contribution in [2.45, 2.75) is 31.8 Å². The lowest BCUT2D eigenvalue weighted by Crippen LogP contribution is -2.32. The molecule has 1 aromatic heterocycles. The van der Waals surface area contributed by atoms with E-state index >= 15 is 0 Å². The molecule has 1 unspecified atom stereocenters. The van der Waals surface area contributed by atoms with Crippen LogP contribution in [-0.2, 0) is 11.3 Å². The SMILES string of the molecule is COc1ccc(C2CCCN2C(=O)CCn2cnc3ccccc3c2=O)cc1. The van der Waals surface area contributed by atoms with Gasteiger partial charge in [0.1, 0.15) is 5.75 Å². The molecule has 4 rings (SSSR count). The number of aromatic nitrogens is 2. The number of rotatable bonds is 5. The number of fused-ring (bicyclic) bond motifs is 1. The predicted octanol–water partition coefficient (Wildman–Crippen LogP) is 3.16. The van der Waals surface area contributed by atoms with Crippen molar-refractivity contribution in [2.24, 2.45) is 0 Å². The molecule has 2 aromatic carbocycles. The molecular weight excluding hydrogens is 354 g/mol. The molecule has 1 aliphatic rings. The summed E-state index contributed by atoms with van der Waals surface area (Å²) in [5.74, 6) is 0.876. The molecule has 6 heteroatoms. The maximum Gasteiger partial charge on any atom is 0.261 e. The predicted molar refractivity (Wildman–Crippen MR) is 107 cm³/mol. The first-order chi connectivity index (χ1) is 13.7. The minimum absolute atomic E-state index is 0.0679. The molecule has 0 aliphatic carbocycles. The highest BCUT2D eigenvalue weighted by molar-refractivity contribution is 5.78. The number of aryl methyl sites for hydroxylation is 1. The van der Waals surface area contributed by atoms with Gasteiger partial charge in [-0.05, 0) is 42.7 Å². The van der Waals surface area contributed by atoms with Gasteiger partial charge >= 0.3 is 0 Å². The van der Waals surface area contributed by atoms with Gasteiger partial charge in [-0.3, -0.25) is 14.2 Å². The monoisotopic (exact) mass is 377 g/mol. The molecule has 1 fully saturated rings. The molecule has 3 aromatic rings. The van der Waals surface area contributed by atoms with Crippen LogP contribution in [0.3, 0.4) is 0 Å². The third-order valence-electron chi connectivity index (χ3n) is 5.37. The molecule has 144 valence electrons. The van der Waals surface area contributed by atoms with Gasteiger partial charge < -0.3 is 9.64 Å². The minimum atomic E-state index is -0.105. The van der Waals surface area contributed by atoms with Crippen LogP contribution in [0.1, 0.15) is 30.9 Å². The van der Waals surface area contributed by atoms with Gasteiger partial charge in [0.25, 0.3) is 5.56 Å². The Morgan fingerprint density at radius 1 is 1.18 bits per heavy atom. The van der Waals surface area contributed by atoms with E-state index in [2.05, 4.69) is 4.98 Å². The van der Waals surface area contributed by atoms with E-state index in [1.807, 2.05) is 47.4 Å². The van der Waals surface area contributed by atoms with Crippen LogP contribution < -0.4 is 10.3 Å². The van der Waals surface area contributed by atoms with Crippen molar-refractivity contribution < 1.29 is 9.53 Å². The van der Waals surface area contributed by atoms with Gasteiger partial charge in [0.2, 0.25) is 5.91 Å². The van der Waals surface area contributed by atoms with Crippen LogP contribution in [-0.4, -0.2) is 34.0 Å². The second-order valence-electron chi connectivity index (χ2n) is 7.03. The van der Waals surface area contributed by atoms with E-state index in [1.165, 1.54) is 10.9 Å². The Morgan fingerprint density at radius 2 is 1.96 bits per heavy atom. The summed E-state index contributed by atoms with van der Waals surface area (Å²) in [4.78, 5) is 31.7. The summed E-state index contributed by atoms with van der Waals surface area (Å²) in [6.07, 6.45) is 3.75. The number of methoxy groups -OCH3 is 1. The molecule has 6 nitrogen and oxygen atoms in total. The van der Waals surface area contributed by atoms with Crippen LogP contribution in [0.4, 0.5) is 0 Å². The van der Waals surface area contributed by atoms with Crippen LogP contribution in [0.2, 0.25) is 0 Å². The van der Waals surface area contributed by atoms with Crippen molar-refractivity contribution in [3.8, 4) is 5.75 Å². The van der Waals surface area contributed by atoms with Crippen molar-refractivity contribution in [3.05, 3.63) is 70.8 Å². The van der Waals surface area contributed by atoms with Crippen molar-refractivity contribution in [3.63, 3.8) is 0 Å². The number of likely N-dealkylation sites (tertiary alicyclic amines) is 1. The second kappa shape index (κ2) is 7.84. The molecule has 1 atom stereocenters. The average molecular weight is 377 g/mol. The fourth-order valence-corrected chi connectivity index (χ4v) is 3.86. The highest BCUT2D eigenvalue weighted by atomic mass is 16.5. The fraction of sp³-hybridized carbons (Fsp3) is 0.318. The fourth-order valence-electron chi connectivity index (χ4n) is 3.86. The molecule has 0 saturated carbocycles. The van der Waals surface area contributed by atoms with Gasteiger partial charge in [-0.2, -0.15) is 0 Å². The maximum atomic E-state index is 12.9. The Hall–Kier alpha value is -3.15. The van der Waals surface area contributed by atoms with Crippen LogP contribution in [0.15, 0.2) is 59.7 Å². The van der Waals surface area contributed by atoms with Crippen molar-refractivity contribution in [2.75, 3.05) is 13.7 Å². The Bertz CT molecular complexity index is 1040. The van der Waals surface area contributed by atoms with Crippen LogP contribution in [0, 0.1) is 0 Å². The zero-order valence-electron chi connectivity index (χ0n) is 15.9. The van der Waals surface area contributed by atoms with Crippen LogP contribution in [0.25, 0.3) is 10.9 Å². The van der Waals surface area contributed by atoms with Crippen LogP contribution >= 0.6 is 0 Å². The molecule has 2 heterocycles. The summed E-state index contributed by atoms with van der Waals surface area (Å²) in [5.41, 5.74) is 1.69. The Morgan fingerprint density at radius 3 is 2.75 bits per heavy atom. The molecule has 1 saturated heterocycles. The minimum Gasteiger partial charge on any atom is -0.497 e. The average Bonchev–Trinajstić information content (AvgIpc) is 3.23. The van der Waals surface area contributed by atoms with E-state index in [-0.39, 0.29) is 23.9 Å². The Balaban J connectivity index is 1.47. The lowest BCUT2D eigenvalue weighted by Gasteiger charge is -2.25. The standard InChI is InChI=1S/C22H23N3O3/c1-28-17-10-8-16(9-11-17)20-7-4-13-25(20)21(26)12-14-24-15-23-19-6-3-2-5-18(19)22(24)27/h2-3,5-6,8-11,15,20H,4,7,12-14H2,1H3. The van der Waals surface area contributed by atoms with E-state index < -0.39 is 0 Å². The van der Waals surface area contributed by atoms with Gasteiger partial charge in [0, 0.05) is 19.5 Å². The highest BCUT2D eigenvalue weighted by Gasteiger charge is 2.29. The number of carbonyl (C=O) groups excluding carboxylic acids is 1. The number of nitrogens with zero attached hydrogens (tertiary/aromatic N) is 3. The van der Waals surface area contributed by atoms with E-state index in [0.29, 0.717) is 17.4 Å². The first-order valence-electron chi connectivity index (χ1n) is 9.55. The molecule has 1 amide bonds. The van der Waals surface area contributed by atoms with E-state index in [9.17, 15) is 9.59 Å². The smallest absolute Gasteiger partial charge is 0.261 e. The highest BCUT2D eigenvalue weighted by Crippen LogP contribution is 2.33. The summed E-state index contributed by atoms with van der Waals surface area (Å²) in [6, 6.07) is 15.2. The first-order valence-corrected chi connectivity index (χ1v) is 9.55. The third-order valence-corrected chi connectivity index (χ3v) is 5.37. The quantitative estimate of drug-likeness (QED) is 0.685. The number of benzene rings is 2. The summed E-state index contributed by atoms with van der Waals surface area (Å²) in [6.45, 7) is 1.09. The first kappa shape index (κ1) is 18.2. The topological polar surface area (TPSA) is 64.4 Å². The molecule has 0 spiro atoms. The zero-order chi connectivity index (χ0) is 19.5. The second-order valence-corrected chi connectivity index (χ2v) is 7.03. The van der Waals surface area contributed by atoms with Crippen molar-refractivity contribution in [1.82, 2.24) is 14.5 Å². The normalized spacial score (nSPS) is 16.5. The Kier molecular flexibility index (Phi) is 5.10. The number of hydrogen-bond donors (Lipinski definition) is 0. The van der Waals surface area contributed by atoms with Gasteiger partial charge in [-0.25, -0.2) is 4.98 Å². The van der Waals surface area contributed by atoms with Crippen molar-refractivity contribution >= 4 is 16.8 Å². The lowest BCUT2D eigenvalue weighted by atomic mass is 10.0. The number of carbonyl (C=O) groups is 1. The van der Waals surface area contributed by atoms with E-state index in [0.717, 1.165) is 30.7 Å². The summed E-state index contributed by atoms with van der Waals surface area (Å²) < 4.78 is 6.74. The summed E-state index contributed by atoms with van der Waals surface area (Å²) in [7, 11) is 1.64. The molecule has 1 aliphatic heterocycles. The van der Waals surface area contributed by atoms with Gasteiger partial charge in [-0.15, -0.1) is 0 Å². The molecule has 0 N–H and O–H groups in total. The number of para-hydroxylation sites is 1. The van der Waals surface area contributed by atoms with Gasteiger partial charge in [0.15, 0.2) is 0 Å². The lowest BCUT2D eigenvalue weighted by molar-refractivity contribution is -0.132. The maximum absolute atomic E-state index is 12.9. The molecule has 0 radical (unpaired) electrons. The van der Waals surface area contributed by atoms with E-state index in [4.69, 9.17) is 4.74 Å². The van der Waals surface area contributed by atoms with Crippen LogP contribution in [0.5, 0.6) is 5.75 Å². The van der Waals surface area contributed by atoms with Gasteiger partial charge in [0.05, 0.1) is 30.4 Å². The summed E-state index contributed by atoms with van der Waals surface area (Å²) >= 11 is 0. The molecular formula is C22H23N3O3.